The molecule has 0 aliphatic rings. The van der Waals surface area contributed by atoms with E-state index in [4.69, 9.17) is 0 Å². The van der Waals surface area contributed by atoms with Crippen molar-refractivity contribution in [3.63, 3.8) is 0 Å². The van der Waals surface area contributed by atoms with Crippen LogP contribution in [0.4, 0.5) is 0 Å². The molecule has 2 heteroatoms. The Balaban J connectivity index is 2.21. The van der Waals surface area contributed by atoms with Gasteiger partial charge in [-0.05, 0) is 0 Å². The zero-order valence-corrected chi connectivity index (χ0v) is 11.4. The molecule has 3 rings (SSSR count). The summed E-state index contributed by atoms with van der Waals surface area (Å²) in [5, 5.41) is 0. The Bertz CT molecular complexity index is 673. The third kappa shape index (κ3) is 1.80. The predicted octanol–water partition coefficient (Wildman–Crippen LogP) is 3.93. The first kappa shape index (κ1) is 10.6. The Morgan fingerprint density at radius 3 is 2.71 bits per heavy atom. The van der Waals surface area contributed by atoms with Crippen LogP contribution in [0.1, 0.15) is 12.6 Å². The van der Waals surface area contributed by atoms with Crippen LogP contribution in [0.3, 0.4) is 0 Å². The number of rotatable bonds is 2. The molecule has 0 unspecified atom stereocenters. The molecule has 0 amide bonds. The van der Waals surface area contributed by atoms with Gasteiger partial charge in [-0.15, -0.1) is 0 Å². The van der Waals surface area contributed by atoms with Crippen molar-refractivity contribution >= 4 is 29.9 Å². The molecule has 17 heavy (non-hydrogen) atoms. The second-order valence-corrected chi connectivity index (χ2v) is 6.13. The van der Waals surface area contributed by atoms with Gasteiger partial charge in [0.2, 0.25) is 0 Å². The fourth-order valence-electron chi connectivity index (χ4n) is 1.97. The molecule has 2 aromatic heterocycles. The molecule has 0 bridgehead atoms. The first-order chi connectivity index (χ1) is 8.25. The number of H-pyrrole nitrogens is 1. The average molecular weight is 286 g/mol. The first-order valence-corrected chi connectivity index (χ1v) is 7.42. The minimum atomic E-state index is 0.449. The Hall–Kier alpha value is -1.50. The maximum atomic E-state index is 3.99. The van der Waals surface area contributed by atoms with Gasteiger partial charge in [0.15, 0.2) is 0 Å². The summed E-state index contributed by atoms with van der Waals surface area (Å²) in [4.78, 5) is 5.84. The predicted molar refractivity (Wildman–Crippen MR) is 75.4 cm³/mol. The Kier molecular flexibility index (Phi) is 2.54. The molecule has 0 spiro atoms. The number of benzene rings is 1. The molecular weight excluding hydrogens is 273 g/mol. The van der Waals surface area contributed by atoms with Crippen LogP contribution in [-0.4, -0.2) is 19.5 Å². The number of nitrogens with one attached hydrogen (secondary N) is 1. The number of hydrogen-bond acceptors (Lipinski definition) is 0. The fraction of sp³-hybridized carbons (Fsp3) is 0.0667. The summed E-state index contributed by atoms with van der Waals surface area (Å²) in [5.41, 5.74) is 6.19. The van der Waals surface area contributed by atoms with Gasteiger partial charge in [0.25, 0.3) is 0 Å². The molecule has 1 N–H and O–H groups in total. The van der Waals surface area contributed by atoms with Crippen molar-refractivity contribution in [2.45, 2.75) is 6.92 Å². The normalized spacial score (nSPS) is 10.9. The van der Waals surface area contributed by atoms with Gasteiger partial charge in [0.05, 0.1) is 0 Å². The monoisotopic (exact) mass is 287 g/mol. The van der Waals surface area contributed by atoms with Gasteiger partial charge in [-0.25, -0.2) is 0 Å². The third-order valence-electron chi connectivity index (χ3n) is 2.90. The van der Waals surface area contributed by atoms with E-state index in [-0.39, 0.29) is 0 Å². The third-order valence-corrected chi connectivity index (χ3v) is 4.85. The van der Waals surface area contributed by atoms with Gasteiger partial charge in [-0.2, -0.15) is 0 Å². The molecule has 3 aromatic rings. The van der Waals surface area contributed by atoms with Crippen molar-refractivity contribution < 1.29 is 0 Å². The van der Waals surface area contributed by atoms with E-state index in [1.165, 1.54) is 26.6 Å². The molecule has 0 fully saturated rings. The van der Waals surface area contributed by atoms with Crippen molar-refractivity contribution in [3.05, 3.63) is 53.6 Å². The SMILES string of the molecule is C=C(C)c1cc2[se]cc(-c3ccccc3)c2[nH]1. The Morgan fingerprint density at radius 1 is 1.24 bits per heavy atom. The molecule has 84 valence electrons. The maximum absolute atomic E-state index is 3.99. The van der Waals surface area contributed by atoms with Crippen LogP contribution in [-0.2, 0) is 0 Å². The summed E-state index contributed by atoms with van der Waals surface area (Å²) in [5.74, 6) is 0. The molecule has 0 saturated carbocycles. The zero-order chi connectivity index (χ0) is 11.8. The van der Waals surface area contributed by atoms with E-state index >= 15 is 0 Å². The Morgan fingerprint density at radius 2 is 2.00 bits per heavy atom. The summed E-state index contributed by atoms with van der Waals surface area (Å²) in [6.45, 7) is 6.03. The standard InChI is InChI=1S/C15H13NSe/c1-10(2)13-8-14-15(16-13)12(9-17-14)11-6-4-3-5-7-11/h3-9,16H,1H2,2H3. The topological polar surface area (TPSA) is 15.8 Å². The molecule has 0 aliphatic carbocycles. The van der Waals surface area contributed by atoms with Crippen LogP contribution in [0.2, 0.25) is 0 Å². The van der Waals surface area contributed by atoms with Crippen LogP contribution in [0.25, 0.3) is 26.5 Å². The van der Waals surface area contributed by atoms with E-state index in [9.17, 15) is 0 Å². The number of allylic oxidation sites excluding steroid dienone is 1. The first-order valence-electron chi connectivity index (χ1n) is 5.57. The molecule has 0 radical (unpaired) electrons. The van der Waals surface area contributed by atoms with Crippen molar-refractivity contribution in [2.75, 3.05) is 0 Å². The minimum absolute atomic E-state index is 0.449. The summed E-state index contributed by atoms with van der Waals surface area (Å²) < 4.78 is 1.44. The summed E-state index contributed by atoms with van der Waals surface area (Å²) in [7, 11) is 0. The van der Waals surface area contributed by atoms with Crippen molar-refractivity contribution in [1.82, 2.24) is 4.98 Å². The quantitative estimate of drug-likeness (QED) is 0.687. The van der Waals surface area contributed by atoms with Crippen LogP contribution in [0, 0.1) is 0 Å². The van der Waals surface area contributed by atoms with Crippen molar-refractivity contribution in [1.29, 1.82) is 0 Å². The van der Waals surface area contributed by atoms with Gasteiger partial charge in [0, 0.05) is 0 Å². The number of fused-ring (bicyclic) bond motifs is 1. The van der Waals surface area contributed by atoms with E-state index in [2.05, 4.69) is 52.9 Å². The van der Waals surface area contributed by atoms with E-state index in [1.807, 2.05) is 6.92 Å². The number of aromatic nitrogens is 1. The van der Waals surface area contributed by atoms with Crippen molar-refractivity contribution in [3.8, 4) is 11.1 Å². The van der Waals surface area contributed by atoms with Crippen LogP contribution >= 0.6 is 0 Å². The fourth-order valence-corrected chi connectivity index (χ4v) is 3.99. The zero-order valence-electron chi connectivity index (χ0n) is 9.66. The van der Waals surface area contributed by atoms with Crippen LogP contribution in [0.5, 0.6) is 0 Å². The second-order valence-electron chi connectivity index (χ2n) is 4.22. The average Bonchev–Trinajstić information content (AvgIpc) is 2.89. The molecule has 0 saturated heterocycles. The molecule has 2 heterocycles. The van der Waals surface area contributed by atoms with E-state index in [1.54, 1.807) is 0 Å². The van der Waals surface area contributed by atoms with Gasteiger partial charge < -0.3 is 0 Å². The molecule has 0 atom stereocenters. The molecule has 0 aliphatic heterocycles. The van der Waals surface area contributed by atoms with Crippen molar-refractivity contribution in [2.24, 2.45) is 0 Å². The van der Waals surface area contributed by atoms with E-state index in [0.717, 1.165) is 5.57 Å². The second kappa shape index (κ2) is 4.06. The number of aromatic amines is 1. The van der Waals surface area contributed by atoms with E-state index < -0.39 is 0 Å². The summed E-state index contributed by atoms with van der Waals surface area (Å²) in [6.07, 6.45) is 0. The number of hydrogen-bond donors (Lipinski definition) is 1. The van der Waals surface area contributed by atoms with Gasteiger partial charge in [-0.1, -0.05) is 0 Å². The van der Waals surface area contributed by atoms with Crippen LogP contribution in [0.15, 0.2) is 47.9 Å². The molecular formula is C15H13NSe. The van der Waals surface area contributed by atoms with Gasteiger partial charge in [0.1, 0.15) is 0 Å². The molecule has 1 nitrogen and oxygen atoms in total. The van der Waals surface area contributed by atoms with E-state index in [0.29, 0.717) is 14.5 Å². The summed E-state index contributed by atoms with van der Waals surface area (Å²) >= 11 is 0.449. The van der Waals surface area contributed by atoms with Crippen LogP contribution < -0.4 is 0 Å². The molecule has 1 aromatic carbocycles. The van der Waals surface area contributed by atoms with Gasteiger partial charge >= 0.3 is 106 Å². The Labute approximate surface area is 107 Å². The summed E-state index contributed by atoms with van der Waals surface area (Å²) in [6, 6.07) is 12.8. The van der Waals surface area contributed by atoms with Gasteiger partial charge in [-0.3, -0.25) is 0 Å².